The van der Waals surface area contributed by atoms with Crippen LogP contribution in [0.15, 0.2) is 0 Å². The first-order valence-electron chi connectivity index (χ1n) is 6.52. The highest BCUT2D eigenvalue weighted by Gasteiger charge is 2.22. The second-order valence-corrected chi connectivity index (χ2v) is 4.41. The summed E-state index contributed by atoms with van der Waals surface area (Å²) in [6.07, 6.45) is 0.825. The van der Waals surface area contributed by atoms with E-state index in [2.05, 4.69) is 10.6 Å². The molecule has 2 atom stereocenters. The lowest BCUT2D eigenvalue weighted by Crippen LogP contribution is -2.51. The molecule has 1 heterocycles. The maximum Gasteiger partial charge on any atom is 0.315 e. The van der Waals surface area contributed by atoms with Crippen molar-refractivity contribution in [2.24, 2.45) is 0 Å². The molecule has 0 radical (unpaired) electrons. The summed E-state index contributed by atoms with van der Waals surface area (Å²) in [7, 11) is 0. The monoisotopic (exact) mass is 257 g/mol. The first-order valence-corrected chi connectivity index (χ1v) is 6.52. The molecule has 6 heteroatoms. The molecule has 1 saturated heterocycles. The summed E-state index contributed by atoms with van der Waals surface area (Å²) >= 11 is 0. The molecule has 1 aliphatic rings. The molecular formula is C12H23N3O3. The van der Waals surface area contributed by atoms with E-state index in [4.69, 9.17) is 4.74 Å². The first kappa shape index (κ1) is 14.8. The normalized spacial score (nSPS) is 20.3. The number of hydrogen-bond donors (Lipinski definition) is 2. The predicted octanol–water partition coefficient (Wildman–Crippen LogP) is 0.331. The molecule has 1 fully saturated rings. The Morgan fingerprint density at radius 3 is 2.56 bits per heavy atom. The van der Waals surface area contributed by atoms with Crippen LogP contribution < -0.4 is 10.6 Å². The van der Waals surface area contributed by atoms with Gasteiger partial charge in [-0.05, 0) is 27.2 Å². The maximum atomic E-state index is 11.9. The van der Waals surface area contributed by atoms with E-state index in [0.717, 1.165) is 6.42 Å². The average molecular weight is 257 g/mol. The van der Waals surface area contributed by atoms with Gasteiger partial charge in [0.2, 0.25) is 5.91 Å². The van der Waals surface area contributed by atoms with Crippen molar-refractivity contribution < 1.29 is 14.3 Å². The van der Waals surface area contributed by atoms with E-state index in [1.54, 1.807) is 11.8 Å². The van der Waals surface area contributed by atoms with Gasteiger partial charge in [-0.1, -0.05) is 0 Å². The third-order valence-electron chi connectivity index (χ3n) is 3.06. The van der Waals surface area contributed by atoms with Crippen LogP contribution in [-0.2, 0) is 9.53 Å². The number of ether oxygens (including phenoxy) is 1. The highest BCUT2D eigenvalue weighted by Crippen LogP contribution is 2.03. The van der Waals surface area contributed by atoms with Crippen molar-refractivity contribution in [3.8, 4) is 0 Å². The summed E-state index contributed by atoms with van der Waals surface area (Å²) < 4.78 is 5.17. The fourth-order valence-corrected chi connectivity index (χ4v) is 1.94. The number of urea groups is 1. The third-order valence-corrected chi connectivity index (χ3v) is 3.06. The van der Waals surface area contributed by atoms with E-state index < -0.39 is 6.04 Å². The Kier molecular flexibility index (Phi) is 5.91. The molecule has 0 spiro atoms. The van der Waals surface area contributed by atoms with Gasteiger partial charge in [-0.2, -0.15) is 0 Å². The zero-order valence-electron chi connectivity index (χ0n) is 11.4. The molecule has 0 saturated carbocycles. The second-order valence-electron chi connectivity index (χ2n) is 4.41. The van der Waals surface area contributed by atoms with Gasteiger partial charge >= 0.3 is 6.03 Å². The van der Waals surface area contributed by atoms with Gasteiger partial charge in [0.1, 0.15) is 6.04 Å². The van der Waals surface area contributed by atoms with E-state index in [9.17, 15) is 9.59 Å². The number of carbonyl (C=O) groups is 2. The molecule has 0 aromatic rings. The highest BCUT2D eigenvalue weighted by atomic mass is 16.5. The van der Waals surface area contributed by atoms with E-state index in [1.807, 2.05) is 13.8 Å². The van der Waals surface area contributed by atoms with Crippen LogP contribution in [0.4, 0.5) is 4.79 Å². The Labute approximate surface area is 108 Å². The lowest BCUT2D eigenvalue weighted by Gasteiger charge is -2.24. The van der Waals surface area contributed by atoms with Crippen LogP contribution in [0.3, 0.4) is 0 Å². The highest BCUT2D eigenvalue weighted by molar-refractivity contribution is 5.86. The number of likely N-dealkylation sites (N-methyl/N-ethyl adjacent to an activating group) is 1. The van der Waals surface area contributed by atoms with Crippen LogP contribution in [0, 0.1) is 0 Å². The predicted molar refractivity (Wildman–Crippen MR) is 68.3 cm³/mol. The molecule has 1 rings (SSSR count). The first-order chi connectivity index (χ1) is 8.58. The molecule has 104 valence electrons. The number of amides is 3. The van der Waals surface area contributed by atoms with Gasteiger partial charge in [0, 0.05) is 19.7 Å². The van der Waals surface area contributed by atoms with Crippen molar-refractivity contribution in [2.45, 2.75) is 39.3 Å². The van der Waals surface area contributed by atoms with Gasteiger partial charge in [-0.15, -0.1) is 0 Å². The molecule has 0 aliphatic carbocycles. The van der Waals surface area contributed by atoms with E-state index in [0.29, 0.717) is 26.3 Å². The minimum Gasteiger partial charge on any atom is -0.379 e. The minimum atomic E-state index is -0.507. The lowest BCUT2D eigenvalue weighted by molar-refractivity contribution is -0.132. The molecule has 6 nitrogen and oxygen atoms in total. The van der Waals surface area contributed by atoms with Crippen LogP contribution in [0.1, 0.15) is 27.2 Å². The Balaban J connectivity index is 2.35. The summed E-state index contributed by atoms with van der Waals surface area (Å²) in [5, 5.41) is 5.45. The van der Waals surface area contributed by atoms with Crippen molar-refractivity contribution in [3.05, 3.63) is 0 Å². The summed E-state index contributed by atoms with van der Waals surface area (Å²) in [6.45, 7) is 8.07. The molecule has 0 aromatic carbocycles. The number of nitrogens with zero attached hydrogens (tertiary/aromatic N) is 1. The van der Waals surface area contributed by atoms with E-state index in [1.165, 1.54) is 0 Å². The van der Waals surface area contributed by atoms with Gasteiger partial charge in [0.15, 0.2) is 0 Å². The second kappa shape index (κ2) is 7.20. The third kappa shape index (κ3) is 4.18. The molecule has 0 bridgehead atoms. The van der Waals surface area contributed by atoms with Gasteiger partial charge in [0.25, 0.3) is 0 Å². The van der Waals surface area contributed by atoms with Gasteiger partial charge in [0.05, 0.1) is 12.6 Å². The molecule has 0 aromatic heterocycles. The van der Waals surface area contributed by atoms with Crippen LogP contribution in [0.5, 0.6) is 0 Å². The average Bonchev–Trinajstić information content (AvgIpc) is 2.82. The number of nitrogens with one attached hydrogen (secondary N) is 2. The topological polar surface area (TPSA) is 70.7 Å². The van der Waals surface area contributed by atoms with Crippen LogP contribution in [-0.4, -0.2) is 55.2 Å². The zero-order valence-corrected chi connectivity index (χ0v) is 11.4. The fourth-order valence-electron chi connectivity index (χ4n) is 1.94. The van der Waals surface area contributed by atoms with Crippen molar-refractivity contribution in [3.63, 3.8) is 0 Å². The summed E-state index contributed by atoms with van der Waals surface area (Å²) in [4.78, 5) is 25.3. The lowest BCUT2D eigenvalue weighted by atomic mass is 10.2. The van der Waals surface area contributed by atoms with E-state index in [-0.39, 0.29) is 18.0 Å². The number of rotatable bonds is 5. The van der Waals surface area contributed by atoms with Gasteiger partial charge in [-0.25, -0.2) is 4.79 Å². The number of carbonyl (C=O) groups excluding carboxylic acids is 2. The SMILES string of the molecule is CCN(CC)C(=O)C(C)NC(=O)NC1CCOC1. The summed E-state index contributed by atoms with van der Waals surface area (Å²) in [5.41, 5.74) is 0. The molecule has 1 aliphatic heterocycles. The maximum absolute atomic E-state index is 11.9. The molecule has 2 N–H and O–H groups in total. The van der Waals surface area contributed by atoms with Crippen molar-refractivity contribution in [1.82, 2.24) is 15.5 Å². The summed E-state index contributed by atoms with van der Waals surface area (Å²) in [5.74, 6) is -0.0576. The molecular weight excluding hydrogens is 234 g/mol. The largest absolute Gasteiger partial charge is 0.379 e. The van der Waals surface area contributed by atoms with Crippen LogP contribution in [0.2, 0.25) is 0 Å². The Morgan fingerprint density at radius 1 is 1.39 bits per heavy atom. The number of hydrogen-bond acceptors (Lipinski definition) is 3. The standard InChI is InChI=1S/C12H23N3O3/c1-4-15(5-2)11(16)9(3)13-12(17)14-10-6-7-18-8-10/h9-10H,4-8H2,1-3H3,(H2,13,14,17). The van der Waals surface area contributed by atoms with Crippen LogP contribution in [0.25, 0.3) is 0 Å². The fraction of sp³-hybridized carbons (Fsp3) is 0.833. The van der Waals surface area contributed by atoms with Crippen LogP contribution >= 0.6 is 0 Å². The smallest absolute Gasteiger partial charge is 0.315 e. The molecule has 3 amide bonds. The van der Waals surface area contributed by atoms with Crippen molar-refractivity contribution in [2.75, 3.05) is 26.3 Å². The van der Waals surface area contributed by atoms with Gasteiger partial charge < -0.3 is 20.3 Å². The molecule has 18 heavy (non-hydrogen) atoms. The van der Waals surface area contributed by atoms with Crippen molar-refractivity contribution in [1.29, 1.82) is 0 Å². The molecule has 2 unspecified atom stereocenters. The van der Waals surface area contributed by atoms with Crippen molar-refractivity contribution >= 4 is 11.9 Å². The Morgan fingerprint density at radius 2 is 2.06 bits per heavy atom. The Hall–Kier alpha value is -1.30. The quantitative estimate of drug-likeness (QED) is 0.745. The minimum absolute atomic E-state index is 0.0563. The summed E-state index contributed by atoms with van der Waals surface area (Å²) in [6, 6.07) is -0.758. The zero-order chi connectivity index (χ0) is 13.5. The van der Waals surface area contributed by atoms with Gasteiger partial charge in [-0.3, -0.25) is 4.79 Å². The Bertz CT molecular complexity index is 286. The van der Waals surface area contributed by atoms with E-state index >= 15 is 0 Å².